The average molecular weight is 124 g/mol. The minimum Gasteiger partial charge on any atom is -0.290 e. The third-order valence-electron chi connectivity index (χ3n) is 0.300. The summed E-state index contributed by atoms with van der Waals surface area (Å²) in [7, 11) is 6.08. The molecule has 0 amide bonds. The minimum absolute atomic E-state index is 0.188. The number of rotatable bonds is 2. The molecule has 1 nitrogen and oxygen atoms in total. The lowest BCUT2D eigenvalue weighted by Crippen LogP contribution is -1.90. The van der Waals surface area contributed by atoms with Crippen LogP contribution >= 0.6 is 21.7 Å². The molecule has 0 aromatic carbocycles. The van der Waals surface area contributed by atoms with Gasteiger partial charge in [0.15, 0.2) is 0 Å². The summed E-state index contributed by atoms with van der Waals surface area (Å²) in [4.78, 5) is 9.51. The number of hydrogen-bond acceptors (Lipinski definition) is 2. The van der Waals surface area contributed by atoms with Crippen LogP contribution in [0, 0.1) is 0 Å². The van der Waals surface area contributed by atoms with Crippen LogP contribution in [-0.4, -0.2) is 11.5 Å². The quantitative estimate of drug-likeness (QED) is 0.552. The van der Waals surface area contributed by atoms with E-state index in [1.165, 1.54) is 0 Å². The van der Waals surface area contributed by atoms with Gasteiger partial charge in [-0.15, -0.1) is 0 Å². The van der Waals surface area contributed by atoms with Crippen molar-refractivity contribution in [2.45, 2.75) is 12.2 Å². The molecular formula is C3H4ClOS. The number of carbonyl (C=O) groups excluding carboxylic acids is 1. The van der Waals surface area contributed by atoms with E-state index in [1.807, 2.05) is 0 Å². The van der Waals surface area contributed by atoms with E-state index in [0.29, 0.717) is 0 Å². The summed E-state index contributed by atoms with van der Waals surface area (Å²) in [5.41, 5.74) is 0. The SMILES string of the molecule is CC([C]=O)SCl. The van der Waals surface area contributed by atoms with Gasteiger partial charge in [0.25, 0.3) is 0 Å². The third-order valence-corrected chi connectivity index (χ3v) is 1.46. The van der Waals surface area contributed by atoms with E-state index in [-0.39, 0.29) is 5.25 Å². The molecule has 0 aliphatic carbocycles. The van der Waals surface area contributed by atoms with Crippen LogP contribution in [-0.2, 0) is 4.79 Å². The van der Waals surface area contributed by atoms with Crippen LogP contribution in [0.3, 0.4) is 0 Å². The second-order valence-electron chi connectivity index (χ2n) is 0.849. The summed E-state index contributed by atoms with van der Waals surface area (Å²) in [6, 6.07) is 0. The van der Waals surface area contributed by atoms with E-state index in [0.717, 1.165) is 11.0 Å². The Morgan fingerprint density at radius 3 is 2.50 bits per heavy atom. The van der Waals surface area contributed by atoms with Gasteiger partial charge >= 0.3 is 0 Å². The minimum atomic E-state index is -0.188. The van der Waals surface area contributed by atoms with Gasteiger partial charge in [-0.1, -0.05) is 0 Å². The van der Waals surface area contributed by atoms with Crippen molar-refractivity contribution in [2.24, 2.45) is 0 Å². The van der Waals surface area contributed by atoms with Gasteiger partial charge < -0.3 is 0 Å². The molecule has 0 rings (SSSR count). The fourth-order valence-electron chi connectivity index (χ4n) is 0.0182. The third kappa shape index (κ3) is 2.54. The Hall–Kier alpha value is 0.310. The van der Waals surface area contributed by atoms with E-state index in [4.69, 9.17) is 10.7 Å². The highest BCUT2D eigenvalue weighted by atomic mass is 35.7. The molecule has 0 bridgehead atoms. The molecule has 0 saturated heterocycles. The highest BCUT2D eigenvalue weighted by Gasteiger charge is 1.94. The molecule has 0 aromatic rings. The van der Waals surface area contributed by atoms with Crippen LogP contribution in [0.25, 0.3) is 0 Å². The zero-order valence-electron chi connectivity index (χ0n) is 3.27. The van der Waals surface area contributed by atoms with Crippen LogP contribution in [0.2, 0.25) is 0 Å². The molecular weight excluding hydrogens is 120 g/mol. The van der Waals surface area contributed by atoms with Gasteiger partial charge in [0.1, 0.15) is 0 Å². The summed E-state index contributed by atoms with van der Waals surface area (Å²) in [6.45, 7) is 1.69. The molecule has 0 saturated carbocycles. The molecule has 35 valence electrons. The molecule has 0 aromatic heterocycles. The lowest BCUT2D eigenvalue weighted by atomic mass is 10.6. The Labute approximate surface area is 45.6 Å². The Bertz CT molecular complexity index is 48.1. The Balaban J connectivity index is 2.96. The molecule has 1 atom stereocenters. The smallest absolute Gasteiger partial charge is 0.213 e. The molecule has 0 spiro atoms. The first-order valence-corrected chi connectivity index (χ1v) is 3.17. The summed E-state index contributed by atoms with van der Waals surface area (Å²) < 4.78 is 0. The standard InChI is InChI=1S/C3H4ClOS/c1-3(2-5)6-4/h3H,1H3. The van der Waals surface area contributed by atoms with Crippen molar-refractivity contribution in [2.75, 3.05) is 0 Å². The topological polar surface area (TPSA) is 17.1 Å². The maximum Gasteiger partial charge on any atom is 0.213 e. The fourth-order valence-corrected chi connectivity index (χ4v) is 0.164. The molecule has 3 heteroatoms. The zero-order chi connectivity index (χ0) is 4.99. The average Bonchev–Trinajstić information content (AvgIpc) is 1.65. The van der Waals surface area contributed by atoms with Crippen molar-refractivity contribution in [1.82, 2.24) is 0 Å². The van der Waals surface area contributed by atoms with Crippen molar-refractivity contribution >= 4 is 27.9 Å². The number of hydrogen-bond donors (Lipinski definition) is 0. The van der Waals surface area contributed by atoms with Crippen LogP contribution in [0.5, 0.6) is 0 Å². The molecule has 0 aliphatic rings. The summed E-state index contributed by atoms with van der Waals surface area (Å²) in [6.07, 6.45) is 1.70. The predicted octanol–water partition coefficient (Wildman–Crippen LogP) is 1.37. The first kappa shape index (κ1) is 6.31. The maximum atomic E-state index is 9.51. The van der Waals surface area contributed by atoms with E-state index in [2.05, 4.69) is 0 Å². The van der Waals surface area contributed by atoms with Gasteiger partial charge in [-0.2, -0.15) is 0 Å². The van der Waals surface area contributed by atoms with Crippen LogP contribution in [0.15, 0.2) is 0 Å². The molecule has 0 aliphatic heterocycles. The second-order valence-corrected chi connectivity index (χ2v) is 2.27. The first-order chi connectivity index (χ1) is 2.81. The second kappa shape index (κ2) is 3.50. The molecule has 0 heterocycles. The molecule has 0 N–H and O–H groups in total. The Morgan fingerprint density at radius 2 is 2.50 bits per heavy atom. The Morgan fingerprint density at radius 1 is 2.00 bits per heavy atom. The van der Waals surface area contributed by atoms with Crippen LogP contribution in [0.4, 0.5) is 0 Å². The van der Waals surface area contributed by atoms with Gasteiger partial charge in [0, 0.05) is 0 Å². The highest BCUT2D eigenvalue weighted by Crippen LogP contribution is 2.11. The van der Waals surface area contributed by atoms with Crippen LogP contribution in [0.1, 0.15) is 6.92 Å². The van der Waals surface area contributed by atoms with Crippen molar-refractivity contribution in [3.8, 4) is 0 Å². The summed E-state index contributed by atoms with van der Waals surface area (Å²) in [5, 5.41) is -0.188. The normalized spacial score (nSPS) is 13.7. The van der Waals surface area contributed by atoms with Crippen molar-refractivity contribution < 1.29 is 4.79 Å². The van der Waals surface area contributed by atoms with E-state index in [1.54, 1.807) is 13.2 Å². The van der Waals surface area contributed by atoms with Gasteiger partial charge in [0.05, 0.1) is 5.25 Å². The van der Waals surface area contributed by atoms with Crippen LogP contribution < -0.4 is 0 Å². The fraction of sp³-hybridized carbons (Fsp3) is 0.667. The number of halogens is 1. The summed E-state index contributed by atoms with van der Waals surface area (Å²) in [5.74, 6) is 0. The van der Waals surface area contributed by atoms with E-state index in [9.17, 15) is 4.79 Å². The molecule has 1 radical (unpaired) electrons. The largest absolute Gasteiger partial charge is 0.290 e. The maximum absolute atomic E-state index is 9.51. The molecule has 6 heavy (non-hydrogen) atoms. The van der Waals surface area contributed by atoms with Crippen molar-refractivity contribution in [1.29, 1.82) is 0 Å². The van der Waals surface area contributed by atoms with E-state index >= 15 is 0 Å². The first-order valence-electron chi connectivity index (χ1n) is 1.46. The van der Waals surface area contributed by atoms with Gasteiger partial charge in [-0.05, 0) is 28.6 Å². The highest BCUT2D eigenvalue weighted by molar-refractivity contribution is 8.22. The monoisotopic (exact) mass is 123 g/mol. The van der Waals surface area contributed by atoms with Gasteiger partial charge in [0.2, 0.25) is 6.29 Å². The van der Waals surface area contributed by atoms with Crippen molar-refractivity contribution in [3.05, 3.63) is 0 Å². The van der Waals surface area contributed by atoms with E-state index < -0.39 is 0 Å². The molecule has 0 fully saturated rings. The predicted molar refractivity (Wildman–Crippen MR) is 28.6 cm³/mol. The van der Waals surface area contributed by atoms with Crippen molar-refractivity contribution in [3.63, 3.8) is 0 Å². The lowest BCUT2D eigenvalue weighted by Gasteiger charge is -1.85. The lowest BCUT2D eigenvalue weighted by molar-refractivity contribution is 0.555. The van der Waals surface area contributed by atoms with Gasteiger partial charge in [-0.3, -0.25) is 4.79 Å². The Kier molecular flexibility index (Phi) is 3.68. The van der Waals surface area contributed by atoms with Gasteiger partial charge in [-0.25, -0.2) is 0 Å². The summed E-state index contributed by atoms with van der Waals surface area (Å²) >= 11 is 0. The molecule has 1 unspecified atom stereocenters. The zero-order valence-corrected chi connectivity index (χ0v) is 4.84.